The Labute approximate surface area is 160 Å². The number of nitrogens with zero attached hydrogens (tertiary/aromatic N) is 2. The van der Waals surface area contributed by atoms with Gasteiger partial charge in [0.25, 0.3) is 0 Å². The van der Waals surface area contributed by atoms with Crippen molar-refractivity contribution in [2.75, 3.05) is 24.5 Å². The molecule has 5 nitrogen and oxygen atoms in total. The molecule has 138 valence electrons. The molecule has 2 aliphatic rings. The SMILES string of the molecule is Cl.Cl.NC1CCCC(C(=O)NCCc2csc(N3CCCC3)n2)C1. The number of hydrogen-bond donors (Lipinski definition) is 2. The number of aromatic nitrogens is 1. The summed E-state index contributed by atoms with van der Waals surface area (Å²) >= 11 is 1.72. The van der Waals surface area contributed by atoms with Crippen molar-refractivity contribution in [3.63, 3.8) is 0 Å². The van der Waals surface area contributed by atoms with Gasteiger partial charge in [-0.05, 0) is 32.1 Å². The summed E-state index contributed by atoms with van der Waals surface area (Å²) in [4.78, 5) is 19.2. The van der Waals surface area contributed by atoms with E-state index in [0.717, 1.165) is 56.0 Å². The lowest BCUT2D eigenvalue weighted by Crippen LogP contribution is -2.38. The smallest absolute Gasteiger partial charge is 0.223 e. The number of nitrogens with two attached hydrogens (primary N) is 1. The van der Waals surface area contributed by atoms with Crippen LogP contribution in [0, 0.1) is 5.92 Å². The van der Waals surface area contributed by atoms with Gasteiger partial charge in [0, 0.05) is 43.4 Å². The molecule has 1 saturated carbocycles. The van der Waals surface area contributed by atoms with Gasteiger partial charge >= 0.3 is 0 Å². The fourth-order valence-electron chi connectivity index (χ4n) is 3.39. The van der Waals surface area contributed by atoms with Gasteiger partial charge in [-0.25, -0.2) is 4.98 Å². The highest BCUT2D eigenvalue weighted by Crippen LogP contribution is 2.25. The molecule has 24 heavy (non-hydrogen) atoms. The van der Waals surface area contributed by atoms with Crippen LogP contribution in [0.2, 0.25) is 0 Å². The standard InChI is InChI=1S/C16H26N4OS.2ClH/c17-13-5-3-4-12(10-13)15(21)18-7-6-14-11-22-16(19-14)20-8-1-2-9-20;;/h11-13H,1-10,17H2,(H,18,21);2*1H. The molecular formula is C16H28Cl2N4OS. The highest BCUT2D eigenvalue weighted by Gasteiger charge is 2.25. The highest BCUT2D eigenvalue weighted by molar-refractivity contribution is 7.13. The second-order valence-corrected chi connectivity index (χ2v) is 7.32. The number of amides is 1. The molecule has 2 heterocycles. The van der Waals surface area contributed by atoms with Crippen LogP contribution in [0.15, 0.2) is 5.38 Å². The van der Waals surface area contributed by atoms with E-state index in [0.29, 0.717) is 6.54 Å². The molecule has 1 aliphatic heterocycles. The molecule has 8 heteroatoms. The molecule has 1 aromatic heterocycles. The van der Waals surface area contributed by atoms with Gasteiger partial charge in [0.1, 0.15) is 0 Å². The topological polar surface area (TPSA) is 71.2 Å². The largest absolute Gasteiger partial charge is 0.355 e. The van der Waals surface area contributed by atoms with Crippen LogP contribution in [0.25, 0.3) is 0 Å². The fourth-order valence-corrected chi connectivity index (χ4v) is 4.30. The van der Waals surface area contributed by atoms with E-state index in [9.17, 15) is 4.79 Å². The average molecular weight is 395 g/mol. The van der Waals surface area contributed by atoms with E-state index in [2.05, 4.69) is 20.6 Å². The lowest BCUT2D eigenvalue weighted by Gasteiger charge is -2.25. The molecular weight excluding hydrogens is 367 g/mol. The predicted octanol–water partition coefficient (Wildman–Crippen LogP) is 2.76. The number of rotatable bonds is 5. The van der Waals surface area contributed by atoms with E-state index in [1.54, 1.807) is 11.3 Å². The number of thiazole rings is 1. The van der Waals surface area contributed by atoms with Gasteiger partial charge in [0.15, 0.2) is 5.13 Å². The van der Waals surface area contributed by atoms with E-state index in [4.69, 9.17) is 5.73 Å². The second kappa shape index (κ2) is 10.4. The van der Waals surface area contributed by atoms with Crippen LogP contribution >= 0.6 is 36.2 Å². The van der Waals surface area contributed by atoms with Crippen LogP contribution in [-0.2, 0) is 11.2 Å². The summed E-state index contributed by atoms with van der Waals surface area (Å²) in [5, 5.41) is 6.31. The first-order chi connectivity index (χ1) is 10.7. The Kier molecular flexibility index (Phi) is 9.34. The molecule has 1 saturated heterocycles. The number of carbonyl (C=O) groups excluding carboxylic acids is 1. The lowest BCUT2D eigenvalue weighted by atomic mass is 9.85. The Morgan fingerprint density at radius 3 is 2.75 bits per heavy atom. The molecule has 2 fully saturated rings. The van der Waals surface area contributed by atoms with Crippen molar-refractivity contribution in [2.24, 2.45) is 11.7 Å². The van der Waals surface area contributed by atoms with Crippen LogP contribution in [0.3, 0.4) is 0 Å². The molecule has 1 amide bonds. The number of carbonyl (C=O) groups is 1. The zero-order valence-corrected chi connectivity index (χ0v) is 16.4. The third-order valence-electron chi connectivity index (χ3n) is 4.68. The minimum Gasteiger partial charge on any atom is -0.355 e. The van der Waals surface area contributed by atoms with Gasteiger partial charge in [0.2, 0.25) is 5.91 Å². The Bertz CT molecular complexity index is 508. The zero-order chi connectivity index (χ0) is 15.4. The van der Waals surface area contributed by atoms with Crippen LogP contribution in [0.5, 0.6) is 0 Å². The van der Waals surface area contributed by atoms with E-state index < -0.39 is 0 Å². The van der Waals surface area contributed by atoms with E-state index in [-0.39, 0.29) is 42.7 Å². The van der Waals surface area contributed by atoms with Gasteiger partial charge < -0.3 is 16.0 Å². The lowest BCUT2D eigenvalue weighted by molar-refractivity contribution is -0.126. The van der Waals surface area contributed by atoms with Crippen molar-refractivity contribution in [1.29, 1.82) is 0 Å². The van der Waals surface area contributed by atoms with Crippen LogP contribution in [-0.4, -0.2) is 36.6 Å². The normalized spacial score (nSPS) is 23.3. The molecule has 1 aliphatic carbocycles. The zero-order valence-electron chi connectivity index (χ0n) is 13.9. The number of anilines is 1. The van der Waals surface area contributed by atoms with E-state index >= 15 is 0 Å². The monoisotopic (exact) mass is 394 g/mol. The minimum absolute atomic E-state index is 0. The van der Waals surface area contributed by atoms with Crippen molar-refractivity contribution in [1.82, 2.24) is 10.3 Å². The Morgan fingerprint density at radius 2 is 2.04 bits per heavy atom. The van der Waals surface area contributed by atoms with Gasteiger partial charge in [0.05, 0.1) is 5.69 Å². The van der Waals surface area contributed by atoms with Crippen LogP contribution in [0.1, 0.15) is 44.2 Å². The summed E-state index contributed by atoms with van der Waals surface area (Å²) in [6, 6.07) is 0.200. The number of halogens is 2. The van der Waals surface area contributed by atoms with Gasteiger partial charge in [-0.2, -0.15) is 0 Å². The summed E-state index contributed by atoms with van der Waals surface area (Å²) in [5.41, 5.74) is 7.04. The van der Waals surface area contributed by atoms with E-state index in [1.165, 1.54) is 12.8 Å². The highest BCUT2D eigenvalue weighted by atomic mass is 35.5. The molecule has 3 rings (SSSR count). The fraction of sp³-hybridized carbons (Fsp3) is 0.750. The molecule has 0 radical (unpaired) electrons. The van der Waals surface area contributed by atoms with Crippen molar-refractivity contribution >= 4 is 47.2 Å². The first kappa shape index (κ1) is 21.5. The molecule has 2 unspecified atom stereocenters. The third-order valence-corrected chi connectivity index (χ3v) is 5.63. The number of nitrogens with one attached hydrogen (secondary N) is 1. The maximum Gasteiger partial charge on any atom is 0.223 e. The molecule has 3 N–H and O–H groups in total. The van der Waals surface area contributed by atoms with Crippen LogP contribution in [0.4, 0.5) is 5.13 Å². The summed E-state index contributed by atoms with van der Waals surface area (Å²) in [6.07, 6.45) is 7.31. The summed E-state index contributed by atoms with van der Waals surface area (Å²) in [5.74, 6) is 0.282. The predicted molar refractivity (Wildman–Crippen MR) is 105 cm³/mol. The second-order valence-electron chi connectivity index (χ2n) is 6.48. The van der Waals surface area contributed by atoms with Crippen LogP contribution < -0.4 is 16.0 Å². The summed E-state index contributed by atoms with van der Waals surface area (Å²) < 4.78 is 0. The van der Waals surface area contributed by atoms with Gasteiger partial charge in [-0.15, -0.1) is 36.2 Å². The Hall–Kier alpha value is -0.560. The summed E-state index contributed by atoms with van der Waals surface area (Å²) in [7, 11) is 0. The maximum absolute atomic E-state index is 12.2. The van der Waals surface area contributed by atoms with Crippen molar-refractivity contribution in [3.8, 4) is 0 Å². The maximum atomic E-state index is 12.2. The van der Waals surface area contributed by atoms with Gasteiger partial charge in [-0.3, -0.25) is 4.79 Å². The molecule has 0 aromatic carbocycles. The molecule has 0 bridgehead atoms. The first-order valence-electron chi connectivity index (χ1n) is 8.45. The third kappa shape index (κ3) is 5.76. The van der Waals surface area contributed by atoms with E-state index in [1.807, 2.05) is 0 Å². The van der Waals surface area contributed by atoms with Crippen molar-refractivity contribution in [3.05, 3.63) is 11.1 Å². The quantitative estimate of drug-likeness (QED) is 0.804. The molecule has 2 atom stereocenters. The minimum atomic E-state index is 0. The van der Waals surface area contributed by atoms with Crippen molar-refractivity contribution in [2.45, 2.75) is 51.0 Å². The van der Waals surface area contributed by atoms with Gasteiger partial charge in [-0.1, -0.05) is 6.42 Å². The average Bonchev–Trinajstić information content (AvgIpc) is 3.18. The Balaban J connectivity index is 0.00000144. The molecule has 1 aromatic rings. The van der Waals surface area contributed by atoms with Crippen molar-refractivity contribution < 1.29 is 4.79 Å². The first-order valence-corrected chi connectivity index (χ1v) is 9.33. The summed E-state index contributed by atoms with van der Waals surface area (Å²) in [6.45, 7) is 2.94. The molecule has 0 spiro atoms. The Morgan fingerprint density at radius 1 is 1.29 bits per heavy atom. The number of hydrogen-bond acceptors (Lipinski definition) is 5.